The molecule has 47 heavy (non-hydrogen) atoms. The van der Waals surface area contributed by atoms with Crippen LogP contribution in [0.3, 0.4) is 0 Å². The molecule has 11 heteroatoms. The molecule has 1 atom stereocenters. The zero-order valence-corrected chi connectivity index (χ0v) is 27.3. The van der Waals surface area contributed by atoms with Gasteiger partial charge in [0, 0.05) is 31.7 Å². The zero-order valence-electron chi connectivity index (χ0n) is 26.5. The van der Waals surface area contributed by atoms with Gasteiger partial charge in [-0.15, -0.1) is 0 Å². The first-order valence-electron chi connectivity index (χ1n) is 15.4. The van der Waals surface area contributed by atoms with E-state index < -0.39 is 22.0 Å². The molecule has 0 spiro atoms. The van der Waals surface area contributed by atoms with Crippen molar-refractivity contribution >= 4 is 21.8 Å². The molecule has 4 aromatic rings. The molecule has 1 aliphatic heterocycles. The van der Waals surface area contributed by atoms with Crippen LogP contribution < -0.4 is 14.8 Å². The summed E-state index contributed by atoms with van der Waals surface area (Å²) in [6.07, 6.45) is 0.495. The Labute approximate surface area is 275 Å². The van der Waals surface area contributed by atoms with E-state index in [9.17, 15) is 18.0 Å². The number of benzene rings is 4. The molecule has 1 saturated heterocycles. The number of nitrogens with zero attached hydrogens (tertiary/aromatic N) is 2. The van der Waals surface area contributed by atoms with E-state index in [1.54, 1.807) is 43.4 Å². The second-order valence-electron chi connectivity index (χ2n) is 11.0. The van der Waals surface area contributed by atoms with Crippen LogP contribution in [0.1, 0.15) is 33.1 Å². The molecule has 1 aliphatic rings. The van der Waals surface area contributed by atoms with Gasteiger partial charge in [0.25, 0.3) is 5.91 Å². The van der Waals surface area contributed by atoms with Crippen LogP contribution in [0.4, 0.5) is 0 Å². The summed E-state index contributed by atoms with van der Waals surface area (Å²) in [5.41, 5.74) is 2.74. The summed E-state index contributed by atoms with van der Waals surface area (Å²) in [5, 5.41) is 3.01. The lowest BCUT2D eigenvalue weighted by atomic mass is 10.0. The molecular weight excluding hydrogens is 618 g/mol. The van der Waals surface area contributed by atoms with E-state index in [4.69, 9.17) is 14.2 Å². The van der Waals surface area contributed by atoms with E-state index in [1.807, 2.05) is 54.6 Å². The van der Waals surface area contributed by atoms with Crippen molar-refractivity contribution in [2.45, 2.75) is 23.9 Å². The Hall–Kier alpha value is -4.71. The number of carbonyl (C=O) groups excluding carboxylic acids is 2. The second-order valence-corrected chi connectivity index (χ2v) is 13.0. The van der Waals surface area contributed by atoms with Crippen LogP contribution in [0.25, 0.3) is 0 Å². The fraction of sp³-hybridized carbons (Fsp3) is 0.278. The highest BCUT2D eigenvalue weighted by Gasteiger charge is 2.33. The molecule has 2 amide bonds. The highest BCUT2D eigenvalue weighted by molar-refractivity contribution is 7.89. The lowest BCUT2D eigenvalue weighted by Gasteiger charge is -2.32. The van der Waals surface area contributed by atoms with Crippen LogP contribution in [0.15, 0.2) is 108 Å². The van der Waals surface area contributed by atoms with Gasteiger partial charge in [-0.25, -0.2) is 8.42 Å². The van der Waals surface area contributed by atoms with Gasteiger partial charge < -0.3 is 24.4 Å². The number of hydrogen-bond acceptors (Lipinski definition) is 7. The van der Waals surface area contributed by atoms with E-state index in [0.717, 1.165) is 11.1 Å². The minimum atomic E-state index is -3.74. The SMILES string of the molecule is COc1ccc(CNC(=O)C(c2ccc(OC)cc2)N(CCc2ccccc2)C(=O)c2ccc(S(=O)(=O)N3CCOCC3)cc2)cc1. The summed E-state index contributed by atoms with van der Waals surface area (Å²) < 4.78 is 43.7. The Morgan fingerprint density at radius 3 is 2.00 bits per heavy atom. The van der Waals surface area contributed by atoms with Crippen LogP contribution in [0.2, 0.25) is 0 Å². The number of carbonyl (C=O) groups is 2. The molecule has 0 radical (unpaired) electrons. The van der Waals surface area contributed by atoms with Gasteiger partial charge in [-0.2, -0.15) is 4.31 Å². The average molecular weight is 658 g/mol. The average Bonchev–Trinajstić information content (AvgIpc) is 3.13. The second kappa shape index (κ2) is 15.7. The summed E-state index contributed by atoms with van der Waals surface area (Å²) in [4.78, 5) is 30.1. The smallest absolute Gasteiger partial charge is 0.254 e. The standard InChI is InChI=1S/C36H39N3O7S/c1-44-31-14-8-28(9-15-31)26-37-35(40)34(29-10-16-32(45-2)17-11-29)39(21-20-27-6-4-3-5-7-27)36(41)30-12-18-33(19-13-30)47(42,43)38-22-24-46-25-23-38/h3-19,34H,20-26H2,1-2H3,(H,37,40). The summed E-state index contributed by atoms with van der Waals surface area (Å²) in [6.45, 7) is 1.67. The van der Waals surface area contributed by atoms with Crippen molar-refractivity contribution in [3.63, 3.8) is 0 Å². The van der Waals surface area contributed by atoms with Crippen molar-refractivity contribution in [3.05, 3.63) is 125 Å². The number of sulfonamides is 1. The summed E-state index contributed by atoms with van der Waals surface area (Å²) >= 11 is 0. The highest BCUT2D eigenvalue weighted by atomic mass is 32.2. The Balaban J connectivity index is 1.47. The third-order valence-electron chi connectivity index (χ3n) is 8.07. The van der Waals surface area contributed by atoms with Gasteiger partial charge in [0.2, 0.25) is 15.9 Å². The van der Waals surface area contributed by atoms with Crippen molar-refractivity contribution in [3.8, 4) is 11.5 Å². The van der Waals surface area contributed by atoms with Crippen LogP contribution >= 0.6 is 0 Å². The Bertz CT molecular complexity index is 1720. The first-order chi connectivity index (χ1) is 22.8. The minimum Gasteiger partial charge on any atom is -0.497 e. The van der Waals surface area contributed by atoms with E-state index in [2.05, 4.69) is 5.32 Å². The van der Waals surface area contributed by atoms with Crippen LogP contribution in [-0.4, -0.2) is 76.5 Å². The third-order valence-corrected chi connectivity index (χ3v) is 9.98. The predicted octanol–water partition coefficient (Wildman–Crippen LogP) is 4.47. The first kappa shape index (κ1) is 33.6. The number of ether oxygens (including phenoxy) is 3. The Morgan fingerprint density at radius 2 is 1.40 bits per heavy atom. The Morgan fingerprint density at radius 1 is 0.809 bits per heavy atom. The molecule has 0 saturated carbocycles. The van der Waals surface area contributed by atoms with Gasteiger partial charge in [0.1, 0.15) is 17.5 Å². The van der Waals surface area contributed by atoms with Crippen LogP contribution in [0.5, 0.6) is 11.5 Å². The predicted molar refractivity (Wildman–Crippen MR) is 178 cm³/mol. The Kier molecular flexibility index (Phi) is 11.3. The summed E-state index contributed by atoms with van der Waals surface area (Å²) in [7, 11) is -0.591. The van der Waals surface area contributed by atoms with E-state index in [1.165, 1.54) is 28.6 Å². The molecule has 1 N–H and O–H groups in total. The van der Waals surface area contributed by atoms with Gasteiger partial charge in [-0.1, -0.05) is 54.6 Å². The maximum absolute atomic E-state index is 14.3. The molecule has 10 nitrogen and oxygen atoms in total. The number of morpholine rings is 1. The van der Waals surface area contributed by atoms with E-state index in [0.29, 0.717) is 36.7 Å². The molecule has 4 aromatic carbocycles. The number of rotatable bonds is 13. The largest absolute Gasteiger partial charge is 0.497 e. The van der Waals surface area contributed by atoms with Gasteiger partial charge in [0.05, 0.1) is 32.3 Å². The van der Waals surface area contributed by atoms with E-state index >= 15 is 0 Å². The monoisotopic (exact) mass is 657 g/mol. The van der Waals surface area contributed by atoms with Crippen molar-refractivity contribution in [1.29, 1.82) is 0 Å². The lowest BCUT2D eigenvalue weighted by Crippen LogP contribution is -2.44. The molecule has 1 heterocycles. The van der Waals surface area contributed by atoms with Crippen molar-refractivity contribution in [2.75, 3.05) is 47.1 Å². The molecular formula is C36H39N3O7S. The minimum absolute atomic E-state index is 0.0933. The van der Waals surface area contributed by atoms with Crippen molar-refractivity contribution in [1.82, 2.24) is 14.5 Å². The number of amides is 2. The third kappa shape index (κ3) is 8.37. The highest BCUT2D eigenvalue weighted by Crippen LogP contribution is 2.27. The molecule has 1 unspecified atom stereocenters. The molecule has 246 valence electrons. The number of nitrogens with one attached hydrogen (secondary N) is 1. The van der Waals surface area contributed by atoms with Gasteiger partial charge in [-0.3, -0.25) is 9.59 Å². The van der Waals surface area contributed by atoms with Crippen LogP contribution in [-0.2, 0) is 32.5 Å². The maximum Gasteiger partial charge on any atom is 0.254 e. The van der Waals surface area contributed by atoms with Gasteiger partial charge in [0.15, 0.2) is 0 Å². The number of methoxy groups -OCH3 is 2. The lowest BCUT2D eigenvalue weighted by molar-refractivity contribution is -0.126. The fourth-order valence-corrected chi connectivity index (χ4v) is 6.81. The van der Waals surface area contributed by atoms with Gasteiger partial charge in [-0.05, 0) is 71.6 Å². The molecule has 0 aromatic heterocycles. The molecule has 0 aliphatic carbocycles. The first-order valence-corrected chi connectivity index (χ1v) is 16.8. The quantitative estimate of drug-likeness (QED) is 0.226. The van der Waals surface area contributed by atoms with Crippen molar-refractivity contribution < 1.29 is 32.2 Å². The molecule has 5 rings (SSSR count). The number of hydrogen-bond donors (Lipinski definition) is 1. The normalized spacial score (nSPS) is 14.2. The zero-order chi connectivity index (χ0) is 33.2. The maximum atomic E-state index is 14.3. The van der Waals surface area contributed by atoms with Crippen LogP contribution in [0, 0.1) is 0 Å². The van der Waals surface area contributed by atoms with Crippen molar-refractivity contribution in [2.24, 2.45) is 0 Å². The summed E-state index contributed by atoms with van der Waals surface area (Å²) in [5.74, 6) is 0.554. The molecule has 0 bridgehead atoms. The topological polar surface area (TPSA) is 114 Å². The molecule has 1 fully saturated rings. The van der Waals surface area contributed by atoms with E-state index in [-0.39, 0.29) is 42.5 Å². The van der Waals surface area contributed by atoms with Gasteiger partial charge >= 0.3 is 0 Å². The summed E-state index contributed by atoms with van der Waals surface area (Å²) in [6, 6.07) is 29.1. The fourth-order valence-electron chi connectivity index (χ4n) is 5.40.